The summed E-state index contributed by atoms with van der Waals surface area (Å²) in [6.07, 6.45) is 0.440. The number of Topliss-reactive ketones (excluding diaryl/α,β-unsaturated/α-hetero) is 1. The first-order chi connectivity index (χ1) is 6.24. The number of hydrogen-bond acceptors (Lipinski definition) is 1. The van der Waals surface area contributed by atoms with Gasteiger partial charge in [0.05, 0.1) is 0 Å². The van der Waals surface area contributed by atoms with E-state index in [0.29, 0.717) is 17.9 Å². The summed E-state index contributed by atoms with van der Waals surface area (Å²) >= 11 is 5.39. The Kier molecular flexibility index (Phi) is 3.90. The van der Waals surface area contributed by atoms with Gasteiger partial charge >= 0.3 is 0 Å². The van der Waals surface area contributed by atoms with E-state index in [1.54, 1.807) is 18.2 Å². The van der Waals surface area contributed by atoms with E-state index in [1.807, 2.05) is 0 Å². The molecule has 0 saturated heterocycles. The molecule has 0 spiro atoms. The topological polar surface area (TPSA) is 17.1 Å². The van der Waals surface area contributed by atoms with Gasteiger partial charge in [0.2, 0.25) is 0 Å². The normalized spacial score (nSPS) is 10.0. The van der Waals surface area contributed by atoms with Gasteiger partial charge in [-0.3, -0.25) is 4.79 Å². The third kappa shape index (κ3) is 3.15. The van der Waals surface area contributed by atoms with Gasteiger partial charge in [-0.25, -0.2) is 4.39 Å². The average Bonchev–Trinajstić information content (AvgIpc) is 2.09. The smallest absolute Gasteiger partial charge is 0.138 e. The van der Waals surface area contributed by atoms with Crippen LogP contribution in [0.25, 0.3) is 0 Å². The van der Waals surface area contributed by atoms with Crippen molar-refractivity contribution in [1.82, 2.24) is 0 Å². The van der Waals surface area contributed by atoms with E-state index in [2.05, 4.69) is 0 Å². The van der Waals surface area contributed by atoms with Crippen LogP contribution < -0.4 is 0 Å². The number of carbonyl (C=O) groups is 1. The monoisotopic (exact) mass is 200 g/mol. The van der Waals surface area contributed by atoms with Gasteiger partial charge in [0, 0.05) is 18.7 Å². The number of alkyl halides is 1. The maximum absolute atomic E-state index is 13.0. The number of benzene rings is 1. The van der Waals surface area contributed by atoms with Crippen LogP contribution in [0, 0.1) is 5.82 Å². The molecule has 1 aromatic carbocycles. The van der Waals surface area contributed by atoms with Crippen molar-refractivity contribution < 1.29 is 9.18 Å². The van der Waals surface area contributed by atoms with Gasteiger partial charge in [0.1, 0.15) is 11.6 Å². The Bertz CT molecular complexity index is 299. The molecule has 0 aliphatic rings. The Balaban J connectivity index is 2.63. The third-order valence-electron chi connectivity index (χ3n) is 1.72. The molecule has 0 aromatic heterocycles. The number of carbonyl (C=O) groups excluding carboxylic acids is 1. The van der Waals surface area contributed by atoms with Crippen LogP contribution in [0.3, 0.4) is 0 Å². The Morgan fingerprint density at radius 2 is 2.08 bits per heavy atom. The summed E-state index contributed by atoms with van der Waals surface area (Å²) in [6, 6.07) is 6.28. The minimum Gasteiger partial charge on any atom is -0.299 e. The zero-order valence-corrected chi connectivity index (χ0v) is 7.85. The van der Waals surface area contributed by atoms with Crippen molar-refractivity contribution in [3.63, 3.8) is 0 Å². The molecular weight excluding hydrogens is 191 g/mol. The minimum absolute atomic E-state index is 0.0277. The summed E-state index contributed by atoms with van der Waals surface area (Å²) in [5.41, 5.74) is 0.442. The highest BCUT2D eigenvalue weighted by Crippen LogP contribution is 2.08. The summed E-state index contributed by atoms with van der Waals surface area (Å²) in [5.74, 6) is -0.0571. The first-order valence-electron chi connectivity index (χ1n) is 4.05. The second kappa shape index (κ2) is 4.97. The molecule has 70 valence electrons. The van der Waals surface area contributed by atoms with Crippen molar-refractivity contribution in [2.24, 2.45) is 0 Å². The second-order valence-electron chi connectivity index (χ2n) is 2.75. The van der Waals surface area contributed by atoms with Gasteiger partial charge < -0.3 is 0 Å². The fourth-order valence-electron chi connectivity index (χ4n) is 1.05. The lowest BCUT2D eigenvalue weighted by Gasteiger charge is -2.00. The Morgan fingerprint density at radius 1 is 1.38 bits per heavy atom. The fraction of sp³-hybridized carbons (Fsp3) is 0.300. The lowest BCUT2D eigenvalue weighted by atomic mass is 10.1. The van der Waals surface area contributed by atoms with E-state index in [4.69, 9.17) is 11.6 Å². The molecule has 0 radical (unpaired) electrons. The van der Waals surface area contributed by atoms with Crippen molar-refractivity contribution in [1.29, 1.82) is 0 Å². The van der Waals surface area contributed by atoms with Crippen LogP contribution >= 0.6 is 11.6 Å². The molecule has 0 saturated carbocycles. The molecule has 0 unspecified atom stereocenters. The molecule has 0 fully saturated rings. The van der Waals surface area contributed by atoms with Crippen LogP contribution in [-0.4, -0.2) is 11.7 Å². The summed E-state index contributed by atoms with van der Waals surface area (Å²) in [4.78, 5) is 11.1. The van der Waals surface area contributed by atoms with E-state index in [1.165, 1.54) is 6.07 Å². The second-order valence-corrected chi connectivity index (χ2v) is 3.12. The van der Waals surface area contributed by atoms with E-state index < -0.39 is 0 Å². The van der Waals surface area contributed by atoms with Crippen LogP contribution in [0.4, 0.5) is 4.39 Å². The highest BCUT2D eigenvalue weighted by atomic mass is 35.5. The lowest BCUT2D eigenvalue weighted by Crippen LogP contribution is -2.04. The first kappa shape index (κ1) is 10.2. The molecular formula is C10H10ClFO. The van der Waals surface area contributed by atoms with Crippen LogP contribution in [0.2, 0.25) is 0 Å². The highest BCUT2D eigenvalue weighted by molar-refractivity contribution is 6.19. The highest BCUT2D eigenvalue weighted by Gasteiger charge is 2.06. The minimum atomic E-state index is -0.328. The third-order valence-corrected chi connectivity index (χ3v) is 1.91. The molecule has 0 N–H and O–H groups in total. The molecule has 0 heterocycles. The quantitative estimate of drug-likeness (QED) is 0.683. The Hall–Kier alpha value is -0.890. The first-order valence-corrected chi connectivity index (χ1v) is 4.58. The molecule has 0 amide bonds. The van der Waals surface area contributed by atoms with E-state index in [0.717, 1.165) is 0 Å². The van der Waals surface area contributed by atoms with Crippen molar-refractivity contribution in [2.75, 3.05) is 5.88 Å². The molecule has 0 atom stereocenters. The summed E-state index contributed by atoms with van der Waals surface area (Å²) in [7, 11) is 0. The molecule has 0 aliphatic heterocycles. The zero-order chi connectivity index (χ0) is 9.68. The number of hydrogen-bond donors (Lipinski definition) is 0. The van der Waals surface area contributed by atoms with Crippen molar-refractivity contribution in [2.45, 2.75) is 12.8 Å². The Morgan fingerprint density at radius 3 is 2.69 bits per heavy atom. The zero-order valence-electron chi connectivity index (χ0n) is 7.09. The summed E-state index contributed by atoms with van der Waals surface area (Å²) < 4.78 is 13.0. The van der Waals surface area contributed by atoms with Crippen LogP contribution in [-0.2, 0) is 11.2 Å². The van der Waals surface area contributed by atoms with Crippen LogP contribution in [0.15, 0.2) is 24.3 Å². The lowest BCUT2D eigenvalue weighted by molar-refractivity contribution is -0.118. The maximum atomic E-state index is 13.0. The largest absolute Gasteiger partial charge is 0.299 e. The number of halogens is 2. The van der Waals surface area contributed by atoms with E-state index >= 15 is 0 Å². The van der Waals surface area contributed by atoms with Gasteiger partial charge in [-0.05, 0) is 11.6 Å². The van der Waals surface area contributed by atoms with Gasteiger partial charge in [0.15, 0.2) is 0 Å². The molecule has 3 heteroatoms. The van der Waals surface area contributed by atoms with E-state index in [9.17, 15) is 9.18 Å². The van der Waals surface area contributed by atoms with Gasteiger partial charge in [0.25, 0.3) is 0 Å². The van der Waals surface area contributed by atoms with Crippen molar-refractivity contribution in [3.05, 3.63) is 35.6 Å². The van der Waals surface area contributed by atoms with Crippen LogP contribution in [0.1, 0.15) is 12.0 Å². The standard InChI is InChI=1S/C10H10ClFO/c11-6-5-9(13)7-8-3-1-2-4-10(8)12/h1-4H,5-7H2. The molecule has 1 nitrogen and oxygen atoms in total. The predicted molar refractivity (Wildman–Crippen MR) is 50.4 cm³/mol. The SMILES string of the molecule is O=C(CCCl)Cc1ccccc1F. The number of ketones is 1. The van der Waals surface area contributed by atoms with Gasteiger partial charge in [-0.2, -0.15) is 0 Å². The summed E-state index contributed by atoms with van der Waals surface area (Å²) in [5, 5.41) is 0. The van der Waals surface area contributed by atoms with Crippen molar-refractivity contribution >= 4 is 17.4 Å². The molecule has 1 rings (SSSR count). The van der Waals surface area contributed by atoms with Crippen molar-refractivity contribution in [3.8, 4) is 0 Å². The fourth-order valence-corrected chi connectivity index (χ4v) is 1.26. The average molecular weight is 201 g/mol. The molecule has 13 heavy (non-hydrogen) atoms. The maximum Gasteiger partial charge on any atom is 0.138 e. The molecule has 0 bridgehead atoms. The Labute approximate surface area is 81.5 Å². The summed E-state index contributed by atoms with van der Waals surface area (Å²) in [6.45, 7) is 0. The molecule has 1 aromatic rings. The van der Waals surface area contributed by atoms with E-state index in [-0.39, 0.29) is 18.0 Å². The number of rotatable bonds is 4. The molecule has 0 aliphatic carbocycles. The predicted octanol–water partition coefficient (Wildman–Crippen LogP) is 2.57. The van der Waals surface area contributed by atoms with Crippen LogP contribution in [0.5, 0.6) is 0 Å². The van der Waals surface area contributed by atoms with Gasteiger partial charge in [-0.1, -0.05) is 18.2 Å². The van der Waals surface area contributed by atoms with Gasteiger partial charge in [-0.15, -0.1) is 11.6 Å².